The van der Waals surface area contributed by atoms with Gasteiger partial charge in [0, 0.05) is 5.56 Å². The fourth-order valence-electron chi connectivity index (χ4n) is 2.40. The molecule has 0 aliphatic rings. The van der Waals surface area contributed by atoms with Crippen molar-refractivity contribution >= 4 is 5.78 Å². The number of benzene rings is 2. The van der Waals surface area contributed by atoms with E-state index in [2.05, 4.69) is 0 Å². The maximum atomic E-state index is 13.4. The zero-order valence-corrected chi connectivity index (χ0v) is 11.9. The van der Waals surface area contributed by atoms with Crippen molar-refractivity contribution < 1.29 is 13.9 Å². The van der Waals surface area contributed by atoms with Crippen LogP contribution >= 0.6 is 0 Å². The van der Waals surface area contributed by atoms with Crippen LogP contribution in [0.3, 0.4) is 0 Å². The highest BCUT2D eigenvalue weighted by Gasteiger charge is 2.14. The van der Waals surface area contributed by atoms with Gasteiger partial charge in [0.1, 0.15) is 0 Å². The lowest BCUT2D eigenvalue weighted by molar-refractivity contribution is 0.0917. The lowest BCUT2D eigenvalue weighted by atomic mass is 9.97. The fraction of sp³-hybridized carbons (Fsp3) is 0.235. The van der Waals surface area contributed by atoms with Crippen molar-refractivity contribution in [2.75, 3.05) is 6.61 Å². The quantitative estimate of drug-likeness (QED) is 0.786. The number of Topliss-reactive ketones (excluding diaryl/α,β-unsaturated/α-hetero) is 1. The summed E-state index contributed by atoms with van der Waals surface area (Å²) in [5.41, 5.74) is 3.62. The Morgan fingerprint density at radius 2 is 1.70 bits per heavy atom. The van der Waals surface area contributed by atoms with Gasteiger partial charge in [0.15, 0.2) is 18.2 Å². The normalized spacial score (nSPS) is 10.4. The van der Waals surface area contributed by atoms with Crippen LogP contribution in [0.4, 0.5) is 4.39 Å². The second-order valence-electron chi connectivity index (χ2n) is 4.92. The molecule has 0 N–H and O–H groups in total. The van der Waals surface area contributed by atoms with Crippen molar-refractivity contribution in [3.8, 4) is 5.75 Å². The number of carbonyl (C=O) groups is 1. The third kappa shape index (κ3) is 3.05. The van der Waals surface area contributed by atoms with Crippen LogP contribution in [0, 0.1) is 26.6 Å². The molecular formula is C17H17FO2. The number of halogens is 1. The summed E-state index contributed by atoms with van der Waals surface area (Å²) in [4.78, 5) is 12.2. The SMILES string of the molecule is Cc1cc(C)c(C(=O)COc2ccccc2F)c(C)c1. The van der Waals surface area contributed by atoms with E-state index in [1.807, 2.05) is 32.9 Å². The summed E-state index contributed by atoms with van der Waals surface area (Å²) in [5.74, 6) is -0.496. The third-order valence-corrected chi connectivity index (χ3v) is 3.15. The molecule has 0 bridgehead atoms. The molecule has 0 unspecified atom stereocenters. The van der Waals surface area contributed by atoms with Crippen molar-refractivity contribution in [3.63, 3.8) is 0 Å². The van der Waals surface area contributed by atoms with Gasteiger partial charge in [0.25, 0.3) is 0 Å². The van der Waals surface area contributed by atoms with Gasteiger partial charge in [0.2, 0.25) is 5.78 Å². The molecule has 20 heavy (non-hydrogen) atoms. The largest absolute Gasteiger partial charge is 0.482 e. The average molecular weight is 272 g/mol. The molecule has 0 saturated heterocycles. The predicted molar refractivity (Wildman–Crippen MR) is 76.9 cm³/mol. The molecule has 3 heteroatoms. The first-order valence-electron chi connectivity index (χ1n) is 6.47. The van der Waals surface area contributed by atoms with Gasteiger partial charge >= 0.3 is 0 Å². The van der Waals surface area contributed by atoms with Crippen LogP contribution in [-0.2, 0) is 0 Å². The number of ketones is 1. The Hall–Kier alpha value is -2.16. The van der Waals surface area contributed by atoms with Crippen molar-refractivity contribution in [3.05, 3.63) is 64.5 Å². The van der Waals surface area contributed by atoms with E-state index >= 15 is 0 Å². The predicted octanol–water partition coefficient (Wildman–Crippen LogP) is 4.01. The second-order valence-corrected chi connectivity index (χ2v) is 4.92. The molecule has 2 nitrogen and oxygen atoms in total. The summed E-state index contributed by atoms with van der Waals surface area (Å²) in [6.07, 6.45) is 0. The summed E-state index contributed by atoms with van der Waals surface area (Å²) in [6.45, 7) is 5.63. The molecule has 0 radical (unpaired) electrons. The van der Waals surface area contributed by atoms with Crippen molar-refractivity contribution in [1.29, 1.82) is 0 Å². The van der Waals surface area contributed by atoms with E-state index < -0.39 is 5.82 Å². The molecule has 0 aliphatic heterocycles. The topological polar surface area (TPSA) is 26.3 Å². The zero-order valence-electron chi connectivity index (χ0n) is 11.9. The maximum absolute atomic E-state index is 13.4. The van der Waals surface area contributed by atoms with Gasteiger partial charge in [0.05, 0.1) is 0 Å². The molecule has 104 valence electrons. The van der Waals surface area contributed by atoms with E-state index in [1.54, 1.807) is 12.1 Å². The van der Waals surface area contributed by atoms with E-state index in [1.165, 1.54) is 12.1 Å². The summed E-state index contributed by atoms with van der Waals surface area (Å²) < 4.78 is 18.7. The number of rotatable bonds is 4. The molecule has 0 aliphatic carbocycles. The Morgan fingerprint density at radius 3 is 2.30 bits per heavy atom. The van der Waals surface area contributed by atoms with Gasteiger partial charge in [-0.15, -0.1) is 0 Å². The summed E-state index contributed by atoms with van der Waals surface area (Å²) in [6, 6.07) is 10.00. The van der Waals surface area contributed by atoms with Gasteiger partial charge in [-0.1, -0.05) is 29.8 Å². The van der Waals surface area contributed by atoms with Crippen LogP contribution in [0.15, 0.2) is 36.4 Å². The lowest BCUT2D eigenvalue weighted by Gasteiger charge is -2.11. The average Bonchev–Trinajstić information content (AvgIpc) is 2.36. The number of aryl methyl sites for hydroxylation is 3. The number of carbonyl (C=O) groups excluding carboxylic acids is 1. The number of ether oxygens (including phenoxy) is 1. The highest BCUT2D eigenvalue weighted by atomic mass is 19.1. The smallest absolute Gasteiger partial charge is 0.200 e. The Kier molecular flexibility index (Phi) is 4.18. The third-order valence-electron chi connectivity index (χ3n) is 3.15. The van der Waals surface area contributed by atoms with E-state index in [0.29, 0.717) is 5.56 Å². The molecule has 0 spiro atoms. The van der Waals surface area contributed by atoms with Crippen molar-refractivity contribution in [2.45, 2.75) is 20.8 Å². The van der Waals surface area contributed by atoms with Crippen LogP contribution in [0.1, 0.15) is 27.0 Å². The Labute approximate surface area is 118 Å². The lowest BCUT2D eigenvalue weighted by Crippen LogP contribution is -2.15. The van der Waals surface area contributed by atoms with Crippen LogP contribution in [0.5, 0.6) is 5.75 Å². The highest BCUT2D eigenvalue weighted by Crippen LogP contribution is 2.19. The first kappa shape index (κ1) is 14.3. The standard InChI is InChI=1S/C17H17FO2/c1-11-8-12(2)17(13(3)9-11)15(19)10-20-16-7-5-4-6-14(16)18/h4-9H,10H2,1-3H3. The van der Waals surface area contributed by atoms with Gasteiger partial charge < -0.3 is 4.74 Å². The maximum Gasteiger partial charge on any atom is 0.200 e. The van der Waals surface area contributed by atoms with E-state index in [4.69, 9.17) is 4.74 Å². The Bertz CT molecular complexity index is 624. The van der Waals surface area contributed by atoms with Crippen LogP contribution in [0.25, 0.3) is 0 Å². The summed E-state index contributed by atoms with van der Waals surface area (Å²) in [5, 5.41) is 0. The van der Waals surface area contributed by atoms with E-state index in [9.17, 15) is 9.18 Å². The highest BCUT2D eigenvalue weighted by molar-refractivity contribution is 6.00. The van der Waals surface area contributed by atoms with Crippen molar-refractivity contribution in [1.82, 2.24) is 0 Å². The number of hydrogen-bond acceptors (Lipinski definition) is 2. The molecule has 2 rings (SSSR count). The minimum Gasteiger partial charge on any atom is -0.482 e. The van der Waals surface area contributed by atoms with Gasteiger partial charge in [-0.05, 0) is 44.0 Å². The zero-order chi connectivity index (χ0) is 14.7. The van der Waals surface area contributed by atoms with Gasteiger partial charge in [-0.2, -0.15) is 0 Å². The first-order chi connectivity index (χ1) is 9.49. The summed E-state index contributed by atoms with van der Waals surface area (Å²) >= 11 is 0. The molecule has 2 aromatic carbocycles. The molecular weight excluding hydrogens is 255 g/mol. The summed E-state index contributed by atoms with van der Waals surface area (Å²) in [7, 11) is 0. The molecule has 0 atom stereocenters. The fourth-order valence-corrected chi connectivity index (χ4v) is 2.40. The Morgan fingerprint density at radius 1 is 1.10 bits per heavy atom. The van der Waals surface area contributed by atoms with Crippen molar-refractivity contribution in [2.24, 2.45) is 0 Å². The molecule has 0 saturated carbocycles. The van der Waals surface area contributed by atoms with Crippen LogP contribution in [0.2, 0.25) is 0 Å². The number of para-hydroxylation sites is 1. The van der Waals surface area contributed by atoms with Gasteiger partial charge in [-0.3, -0.25) is 4.79 Å². The number of hydrogen-bond donors (Lipinski definition) is 0. The second kappa shape index (κ2) is 5.87. The van der Waals surface area contributed by atoms with E-state index in [0.717, 1.165) is 16.7 Å². The minimum absolute atomic E-state index is 0.100. The van der Waals surface area contributed by atoms with Crippen LogP contribution < -0.4 is 4.74 Å². The molecule has 0 heterocycles. The van der Waals surface area contributed by atoms with E-state index in [-0.39, 0.29) is 18.1 Å². The molecule has 0 amide bonds. The van der Waals surface area contributed by atoms with Gasteiger partial charge in [-0.25, -0.2) is 4.39 Å². The monoisotopic (exact) mass is 272 g/mol. The Balaban J connectivity index is 2.16. The first-order valence-corrected chi connectivity index (χ1v) is 6.47. The molecule has 0 aromatic heterocycles. The minimum atomic E-state index is -0.461. The molecule has 2 aromatic rings. The molecule has 0 fully saturated rings. The van der Waals surface area contributed by atoms with Crippen LogP contribution in [-0.4, -0.2) is 12.4 Å².